The topological polar surface area (TPSA) is 110 Å². The number of carbonyl (C=O) groups excluding carboxylic acids is 2. The Morgan fingerprint density at radius 3 is 2.76 bits per heavy atom. The number of carbonyl (C=O) groups is 2. The van der Waals surface area contributed by atoms with Gasteiger partial charge in [0.15, 0.2) is 5.82 Å². The highest BCUT2D eigenvalue weighted by atomic mass is 16.5. The Kier molecular flexibility index (Phi) is 5.33. The van der Waals surface area contributed by atoms with Crippen LogP contribution in [0.25, 0.3) is 11.4 Å². The van der Waals surface area contributed by atoms with Crippen molar-refractivity contribution in [2.45, 2.75) is 13.0 Å². The van der Waals surface area contributed by atoms with Crippen molar-refractivity contribution in [1.29, 1.82) is 0 Å². The van der Waals surface area contributed by atoms with Crippen LogP contribution >= 0.6 is 0 Å². The first-order chi connectivity index (χ1) is 15.9. The highest BCUT2D eigenvalue weighted by molar-refractivity contribution is 5.95. The van der Waals surface area contributed by atoms with Gasteiger partial charge in [-0.1, -0.05) is 0 Å². The van der Waals surface area contributed by atoms with E-state index in [1.807, 2.05) is 37.1 Å². The van der Waals surface area contributed by atoms with Crippen LogP contribution in [-0.4, -0.2) is 85.0 Å². The number of nitrogens with one attached hydrogen (secondary N) is 1. The summed E-state index contributed by atoms with van der Waals surface area (Å²) < 4.78 is 9.42. The normalized spacial score (nSPS) is 18.9. The Bertz CT molecular complexity index is 1220. The molecule has 172 valence electrons. The number of amides is 2. The summed E-state index contributed by atoms with van der Waals surface area (Å²) in [5.74, 6) is 1.10. The molecule has 0 aliphatic carbocycles. The third kappa shape index (κ3) is 4.07. The number of benzene rings is 1. The first-order valence-corrected chi connectivity index (χ1v) is 10.8. The van der Waals surface area contributed by atoms with Crippen LogP contribution in [0.3, 0.4) is 0 Å². The molecule has 2 aliphatic rings. The van der Waals surface area contributed by atoms with Gasteiger partial charge in [0, 0.05) is 39.3 Å². The molecule has 1 saturated heterocycles. The highest BCUT2D eigenvalue weighted by Crippen LogP contribution is 2.31. The molecular weight excluding hydrogens is 424 g/mol. The first kappa shape index (κ1) is 21.1. The smallest absolute Gasteiger partial charge is 0.272 e. The minimum atomic E-state index is -0.121. The van der Waals surface area contributed by atoms with E-state index in [0.717, 1.165) is 11.3 Å². The number of aryl methyl sites for hydroxylation is 3. The van der Waals surface area contributed by atoms with Gasteiger partial charge in [-0.3, -0.25) is 19.2 Å². The Morgan fingerprint density at radius 2 is 2.03 bits per heavy atom. The molecule has 0 saturated carbocycles. The average molecular weight is 451 g/mol. The van der Waals surface area contributed by atoms with E-state index in [0.29, 0.717) is 49.2 Å². The molecule has 4 heterocycles. The van der Waals surface area contributed by atoms with E-state index in [9.17, 15) is 9.59 Å². The summed E-state index contributed by atoms with van der Waals surface area (Å²) in [4.78, 5) is 34.1. The lowest BCUT2D eigenvalue weighted by atomic mass is 10.1. The average Bonchev–Trinajstić information content (AvgIpc) is 3.37. The van der Waals surface area contributed by atoms with Gasteiger partial charge in [-0.2, -0.15) is 10.2 Å². The number of nitrogens with zero attached hydrogens (tertiary/aromatic N) is 7. The fourth-order valence-electron chi connectivity index (χ4n) is 4.43. The predicted octanol–water partition coefficient (Wildman–Crippen LogP) is 0.682. The molecular formula is C22H26N8O3. The molecule has 2 amide bonds. The Hall–Kier alpha value is -3.73. The SMILES string of the molecule is Cc1cc(C(=O)N2CCN3CC(=O)Nc4cc(-c5ncnn5C)ccc4OC[C@H]3C2)n(C)n1. The van der Waals surface area contributed by atoms with Gasteiger partial charge in [-0.25, -0.2) is 9.67 Å². The third-order valence-corrected chi connectivity index (χ3v) is 6.11. The predicted molar refractivity (Wildman–Crippen MR) is 120 cm³/mol. The van der Waals surface area contributed by atoms with E-state index in [2.05, 4.69) is 25.4 Å². The Morgan fingerprint density at radius 1 is 1.18 bits per heavy atom. The van der Waals surface area contributed by atoms with Gasteiger partial charge >= 0.3 is 0 Å². The summed E-state index contributed by atoms with van der Waals surface area (Å²) in [7, 11) is 3.59. The summed E-state index contributed by atoms with van der Waals surface area (Å²) >= 11 is 0. The zero-order valence-electron chi connectivity index (χ0n) is 18.9. The van der Waals surface area contributed by atoms with Crippen LogP contribution in [0.4, 0.5) is 5.69 Å². The van der Waals surface area contributed by atoms with Crippen LogP contribution in [0.1, 0.15) is 16.2 Å². The number of anilines is 1. The molecule has 5 rings (SSSR count). The van der Waals surface area contributed by atoms with Crippen LogP contribution in [0.5, 0.6) is 5.75 Å². The van der Waals surface area contributed by atoms with E-state index in [4.69, 9.17) is 4.74 Å². The summed E-state index contributed by atoms with van der Waals surface area (Å²) in [6.45, 7) is 4.06. The number of hydrogen-bond donors (Lipinski definition) is 1. The standard InChI is InChI=1S/C22H26N8O3/c1-14-8-18(27(2)26-14)22(32)30-7-6-29-11-20(31)25-17-9-15(21-23-13-24-28(21)3)4-5-19(17)33-12-16(29)10-30/h4-5,8-9,13,16H,6-7,10-12H2,1-3H3,(H,25,31)/t16-/m1/s1. The van der Waals surface area contributed by atoms with Crippen molar-refractivity contribution < 1.29 is 14.3 Å². The van der Waals surface area contributed by atoms with E-state index >= 15 is 0 Å². The largest absolute Gasteiger partial charge is 0.490 e. The Balaban J connectivity index is 1.36. The fraction of sp³-hybridized carbons (Fsp3) is 0.409. The van der Waals surface area contributed by atoms with Crippen LogP contribution < -0.4 is 10.1 Å². The molecule has 33 heavy (non-hydrogen) atoms. The van der Waals surface area contributed by atoms with Gasteiger partial charge in [0.25, 0.3) is 5.91 Å². The lowest BCUT2D eigenvalue weighted by Gasteiger charge is -2.40. The molecule has 1 aromatic carbocycles. The molecule has 2 aliphatic heterocycles. The summed E-state index contributed by atoms with van der Waals surface area (Å²) in [5, 5.41) is 11.4. The van der Waals surface area contributed by atoms with Gasteiger partial charge in [0.2, 0.25) is 5.91 Å². The second-order valence-corrected chi connectivity index (χ2v) is 8.45. The second-order valence-electron chi connectivity index (χ2n) is 8.45. The van der Waals surface area contributed by atoms with Crippen molar-refractivity contribution in [3.63, 3.8) is 0 Å². The third-order valence-electron chi connectivity index (χ3n) is 6.11. The highest BCUT2D eigenvalue weighted by Gasteiger charge is 2.33. The molecule has 1 atom stereocenters. The molecule has 2 aromatic heterocycles. The van der Waals surface area contributed by atoms with Crippen LogP contribution in [0, 0.1) is 6.92 Å². The molecule has 1 fully saturated rings. The maximum absolute atomic E-state index is 13.1. The minimum Gasteiger partial charge on any atom is -0.490 e. The van der Waals surface area contributed by atoms with Crippen molar-refractivity contribution in [1.82, 2.24) is 34.3 Å². The molecule has 0 spiro atoms. The molecule has 0 bridgehead atoms. The quantitative estimate of drug-likeness (QED) is 0.611. The number of rotatable bonds is 2. The summed E-state index contributed by atoms with van der Waals surface area (Å²) in [5.41, 5.74) is 2.79. The lowest BCUT2D eigenvalue weighted by Crippen LogP contribution is -2.58. The van der Waals surface area contributed by atoms with Crippen molar-refractivity contribution in [2.75, 3.05) is 38.1 Å². The van der Waals surface area contributed by atoms with Crippen molar-refractivity contribution >= 4 is 17.5 Å². The monoisotopic (exact) mass is 450 g/mol. The van der Waals surface area contributed by atoms with Crippen LogP contribution in [-0.2, 0) is 18.9 Å². The Labute approximate surface area is 190 Å². The first-order valence-electron chi connectivity index (χ1n) is 10.8. The van der Waals surface area contributed by atoms with Gasteiger partial charge in [0.05, 0.1) is 24.0 Å². The van der Waals surface area contributed by atoms with E-state index in [-0.39, 0.29) is 24.4 Å². The molecule has 3 aromatic rings. The summed E-state index contributed by atoms with van der Waals surface area (Å²) in [6.07, 6.45) is 1.49. The van der Waals surface area contributed by atoms with Crippen molar-refractivity contribution in [2.24, 2.45) is 14.1 Å². The molecule has 0 radical (unpaired) electrons. The zero-order valence-corrected chi connectivity index (χ0v) is 18.9. The second kappa shape index (κ2) is 8.32. The van der Waals surface area contributed by atoms with Gasteiger partial charge in [-0.15, -0.1) is 0 Å². The van der Waals surface area contributed by atoms with Gasteiger partial charge in [-0.05, 0) is 31.2 Å². The van der Waals surface area contributed by atoms with E-state index < -0.39 is 0 Å². The maximum atomic E-state index is 13.1. The van der Waals surface area contributed by atoms with Gasteiger partial charge < -0.3 is 15.0 Å². The van der Waals surface area contributed by atoms with E-state index in [1.165, 1.54) is 6.33 Å². The minimum absolute atomic E-state index is 0.0595. The maximum Gasteiger partial charge on any atom is 0.272 e. The molecule has 1 N–H and O–H groups in total. The van der Waals surface area contributed by atoms with E-state index in [1.54, 1.807) is 22.5 Å². The zero-order chi connectivity index (χ0) is 23.1. The number of aromatic nitrogens is 5. The number of piperazine rings is 1. The summed E-state index contributed by atoms with van der Waals surface area (Å²) in [6, 6.07) is 7.27. The number of fused-ring (bicyclic) bond motifs is 2. The van der Waals surface area contributed by atoms with Crippen LogP contribution in [0.15, 0.2) is 30.6 Å². The number of ether oxygens (including phenoxy) is 1. The van der Waals surface area contributed by atoms with Crippen molar-refractivity contribution in [3.05, 3.63) is 42.0 Å². The fourth-order valence-corrected chi connectivity index (χ4v) is 4.43. The van der Waals surface area contributed by atoms with Gasteiger partial charge in [0.1, 0.15) is 24.4 Å². The molecule has 11 nitrogen and oxygen atoms in total. The van der Waals surface area contributed by atoms with Crippen molar-refractivity contribution in [3.8, 4) is 17.1 Å². The van der Waals surface area contributed by atoms with Crippen LogP contribution in [0.2, 0.25) is 0 Å². The molecule has 11 heteroatoms. The lowest BCUT2D eigenvalue weighted by molar-refractivity contribution is -0.118. The molecule has 0 unspecified atom stereocenters. The number of hydrogen-bond acceptors (Lipinski definition) is 7.